The standard InChI is InChI=1S/C21H26N2O3S/c1-13-9-7-8-12-17(13)23-19(24)15(3)26-21(25)18-14(2)22-20(27-18)16-10-5-4-6-11-16/h4-6,10-11,13,15,17H,7-9,12H2,1-3H3,(H,23,24)/t13-,15-,17+/m0/s1. The maximum atomic E-state index is 12.5. The van der Waals surface area contributed by atoms with Crippen molar-refractivity contribution in [3.05, 3.63) is 40.9 Å². The minimum atomic E-state index is -0.826. The summed E-state index contributed by atoms with van der Waals surface area (Å²) in [6.45, 7) is 5.57. The number of benzene rings is 1. The van der Waals surface area contributed by atoms with Crippen molar-refractivity contribution in [2.24, 2.45) is 5.92 Å². The predicted molar refractivity (Wildman–Crippen MR) is 107 cm³/mol. The van der Waals surface area contributed by atoms with E-state index in [2.05, 4.69) is 17.2 Å². The third-order valence-corrected chi connectivity index (χ3v) is 6.28. The lowest BCUT2D eigenvalue weighted by atomic mass is 9.86. The van der Waals surface area contributed by atoms with Crippen LogP contribution in [0, 0.1) is 12.8 Å². The number of esters is 1. The van der Waals surface area contributed by atoms with Crippen LogP contribution in [0.2, 0.25) is 0 Å². The summed E-state index contributed by atoms with van der Waals surface area (Å²) in [5, 5.41) is 3.81. The van der Waals surface area contributed by atoms with Crippen molar-refractivity contribution >= 4 is 23.2 Å². The molecule has 0 saturated heterocycles. The number of carbonyl (C=O) groups excluding carboxylic acids is 2. The van der Waals surface area contributed by atoms with Gasteiger partial charge in [0, 0.05) is 11.6 Å². The van der Waals surface area contributed by atoms with Crippen molar-refractivity contribution in [2.45, 2.75) is 58.6 Å². The SMILES string of the molecule is Cc1nc(-c2ccccc2)sc1C(=O)O[C@@H](C)C(=O)N[C@@H]1CCCC[C@@H]1C. The number of rotatable bonds is 5. The van der Waals surface area contributed by atoms with Gasteiger partial charge in [0.1, 0.15) is 9.88 Å². The first kappa shape index (κ1) is 19.5. The summed E-state index contributed by atoms with van der Waals surface area (Å²) < 4.78 is 5.42. The van der Waals surface area contributed by atoms with Gasteiger partial charge in [-0.1, -0.05) is 50.1 Å². The molecule has 144 valence electrons. The Bertz CT molecular complexity index is 803. The lowest BCUT2D eigenvalue weighted by Gasteiger charge is -2.30. The fraction of sp³-hybridized carbons (Fsp3) is 0.476. The van der Waals surface area contributed by atoms with Gasteiger partial charge in [-0.15, -0.1) is 11.3 Å². The number of amides is 1. The topological polar surface area (TPSA) is 68.3 Å². The number of carbonyl (C=O) groups is 2. The summed E-state index contributed by atoms with van der Waals surface area (Å²) in [6, 6.07) is 9.88. The van der Waals surface area contributed by atoms with Gasteiger partial charge in [-0.2, -0.15) is 0 Å². The van der Waals surface area contributed by atoms with Crippen molar-refractivity contribution in [3.63, 3.8) is 0 Å². The van der Waals surface area contributed by atoms with Crippen LogP contribution in [0.5, 0.6) is 0 Å². The van der Waals surface area contributed by atoms with E-state index in [4.69, 9.17) is 4.74 Å². The molecular weight excluding hydrogens is 360 g/mol. The molecule has 1 aromatic carbocycles. The molecule has 0 aliphatic heterocycles. The molecular formula is C21H26N2O3S. The molecule has 6 heteroatoms. The molecule has 1 aliphatic rings. The van der Waals surface area contributed by atoms with Crippen LogP contribution in [0.1, 0.15) is 54.9 Å². The van der Waals surface area contributed by atoms with Gasteiger partial charge in [-0.25, -0.2) is 9.78 Å². The molecule has 1 aliphatic carbocycles. The van der Waals surface area contributed by atoms with E-state index >= 15 is 0 Å². The molecule has 1 heterocycles. The molecule has 3 rings (SSSR count). The monoisotopic (exact) mass is 386 g/mol. The number of aryl methyl sites for hydroxylation is 1. The first-order valence-electron chi connectivity index (χ1n) is 9.50. The van der Waals surface area contributed by atoms with E-state index in [9.17, 15) is 9.59 Å². The van der Waals surface area contributed by atoms with Crippen molar-refractivity contribution in [1.29, 1.82) is 0 Å². The minimum Gasteiger partial charge on any atom is -0.448 e. The first-order chi connectivity index (χ1) is 13.0. The second-order valence-corrected chi connectivity index (χ2v) is 8.22. The van der Waals surface area contributed by atoms with Crippen LogP contribution in [0.25, 0.3) is 10.6 Å². The van der Waals surface area contributed by atoms with Gasteiger partial charge < -0.3 is 10.1 Å². The number of nitrogens with one attached hydrogen (secondary N) is 1. The lowest BCUT2D eigenvalue weighted by Crippen LogP contribution is -2.45. The maximum Gasteiger partial charge on any atom is 0.351 e. The van der Waals surface area contributed by atoms with E-state index in [0.29, 0.717) is 16.5 Å². The summed E-state index contributed by atoms with van der Waals surface area (Å²) >= 11 is 1.29. The van der Waals surface area contributed by atoms with Crippen LogP contribution >= 0.6 is 11.3 Å². The van der Waals surface area contributed by atoms with E-state index in [1.165, 1.54) is 17.8 Å². The Morgan fingerprint density at radius 3 is 2.63 bits per heavy atom. The second kappa shape index (κ2) is 8.65. The number of hydrogen-bond donors (Lipinski definition) is 1. The fourth-order valence-corrected chi connectivity index (χ4v) is 4.34. The number of hydrogen-bond acceptors (Lipinski definition) is 5. The molecule has 0 spiro atoms. The summed E-state index contributed by atoms with van der Waals surface area (Å²) in [6.07, 6.45) is 3.63. The van der Waals surface area contributed by atoms with E-state index in [1.54, 1.807) is 13.8 Å². The van der Waals surface area contributed by atoms with E-state index in [-0.39, 0.29) is 11.9 Å². The smallest absolute Gasteiger partial charge is 0.351 e. The average molecular weight is 387 g/mol. The number of aromatic nitrogens is 1. The molecule has 0 radical (unpaired) electrons. The van der Waals surface area contributed by atoms with Crippen molar-refractivity contribution < 1.29 is 14.3 Å². The Balaban J connectivity index is 1.63. The predicted octanol–water partition coefficient (Wildman–Crippen LogP) is 4.36. The Morgan fingerprint density at radius 2 is 1.93 bits per heavy atom. The van der Waals surface area contributed by atoms with E-state index < -0.39 is 12.1 Å². The quantitative estimate of drug-likeness (QED) is 0.775. The Hall–Kier alpha value is -2.21. The third-order valence-electron chi connectivity index (χ3n) is 5.09. The van der Waals surface area contributed by atoms with Crippen LogP contribution < -0.4 is 5.32 Å². The molecule has 1 saturated carbocycles. The summed E-state index contributed by atoms with van der Waals surface area (Å²) in [7, 11) is 0. The van der Waals surface area contributed by atoms with Crippen molar-refractivity contribution in [3.8, 4) is 10.6 Å². The molecule has 1 N–H and O–H groups in total. The maximum absolute atomic E-state index is 12.5. The molecule has 0 unspecified atom stereocenters. The van der Waals surface area contributed by atoms with Gasteiger partial charge in [0.2, 0.25) is 0 Å². The van der Waals surface area contributed by atoms with Crippen LogP contribution in [0.4, 0.5) is 0 Å². The Labute approximate surface area is 164 Å². The molecule has 3 atom stereocenters. The molecule has 27 heavy (non-hydrogen) atoms. The molecule has 1 amide bonds. The summed E-state index contributed by atoms with van der Waals surface area (Å²) in [5.74, 6) is -0.262. The number of thiazole rings is 1. The van der Waals surface area contributed by atoms with Crippen LogP contribution in [-0.2, 0) is 9.53 Å². The normalized spacial score (nSPS) is 20.7. The van der Waals surface area contributed by atoms with Crippen molar-refractivity contribution in [1.82, 2.24) is 10.3 Å². The highest BCUT2D eigenvalue weighted by Gasteiger charge is 2.27. The van der Waals surface area contributed by atoms with Crippen LogP contribution in [0.15, 0.2) is 30.3 Å². The Kier molecular flexibility index (Phi) is 6.26. The van der Waals surface area contributed by atoms with Crippen LogP contribution in [-0.4, -0.2) is 29.0 Å². The van der Waals surface area contributed by atoms with Gasteiger partial charge >= 0.3 is 5.97 Å². The third kappa shape index (κ3) is 4.75. The highest BCUT2D eigenvalue weighted by molar-refractivity contribution is 7.17. The summed E-state index contributed by atoms with van der Waals surface area (Å²) in [4.78, 5) is 29.9. The summed E-state index contributed by atoms with van der Waals surface area (Å²) in [5.41, 5.74) is 1.58. The van der Waals surface area contributed by atoms with Gasteiger partial charge in [0.15, 0.2) is 6.10 Å². The van der Waals surface area contributed by atoms with Gasteiger partial charge in [-0.05, 0) is 32.6 Å². The number of nitrogens with zero attached hydrogens (tertiary/aromatic N) is 1. The fourth-order valence-electron chi connectivity index (χ4n) is 3.39. The molecule has 5 nitrogen and oxygen atoms in total. The van der Waals surface area contributed by atoms with Gasteiger partial charge in [0.05, 0.1) is 5.69 Å². The largest absolute Gasteiger partial charge is 0.448 e. The van der Waals surface area contributed by atoms with Gasteiger partial charge in [0.25, 0.3) is 5.91 Å². The average Bonchev–Trinajstić information content (AvgIpc) is 3.06. The lowest BCUT2D eigenvalue weighted by molar-refractivity contribution is -0.130. The molecule has 1 aromatic heterocycles. The second-order valence-electron chi connectivity index (χ2n) is 7.22. The van der Waals surface area contributed by atoms with Crippen LogP contribution in [0.3, 0.4) is 0 Å². The Morgan fingerprint density at radius 1 is 1.22 bits per heavy atom. The molecule has 2 aromatic rings. The number of ether oxygens (including phenoxy) is 1. The highest BCUT2D eigenvalue weighted by Crippen LogP contribution is 2.28. The van der Waals surface area contributed by atoms with Gasteiger partial charge in [-0.3, -0.25) is 4.79 Å². The highest BCUT2D eigenvalue weighted by atomic mass is 32.1. The van der Waals surface area contributed by atoms with E-state index in [0.717, 1.165) is 29.8 Å². The van der Waals surface area contributed by atoms with E-state index in [1.807, 2.05) is 30.3 Å². The zero-order chi connectivity index (χ0) is 19.4. The molecule has 0 bridgehead atoms. The zero-order valence-electron chi connectivity index (χ0n) is 16.0. The zero-order valence-corrected chi connectivity index (χ0v) is 16.8. The first-order valence-corrected chi connectivity index (χ1v) is 10.3. The van der Waals surface area contributed by atoms with Crippen molar-refractivity contribution in [2.75, 3.05) is 0 Å². The minimum absolute atomic E-state index is 0.169. The molecule has 1 fully saturated rings.